The molecule has 0 unspecified atom stereocenters. The van der Waals surface area contributed by atoms with Crippen LogP contribution in [0.4, 0.5) is 0 Å². The van der Waals surface area contributed by atoms with Gasteiger partial charge in [-0.2, -0.15) is 0 Å². The van der Waals surface area contributed by atoms with Crippen molar-refractivity contribution in [3.05, 3.63) is 77.4 Å². The van der Waals surface area contributed by atoms with Gasteiger partial charge >= 0.3 is 5.97 Å². The Hall–Kier alpha value is -2.79. The van der Waals surface area contributed by atoms with E-state index in [2.05, 4.69) is 49.6 Å². The van der Waals surface area contributed by atoms with Crippen molar-refractivity contribution in [3.63, 3.8) is 0 Å². The van der Waals surface area contributed by atoms with Crippen molar-refractivity contribution in [2.75, 3.05) is 0 Å². The maximum atomic E-state index is 11.5. The first-order valence-corrected chi connectivity index (χ1v) is 8.67. The fourth-order valence-electron chi connectivity index (χ4n) is 2.28. The van der Waals surface area contributed by atoms with Crippen LogP contribution >= 0.6 is 0 Å². The Bertz CT molecular complexity index is 772. The van der Waals surface area contributed by atoms with Crippen LogP contribution in [0.15, 0.2) is 60.7 Å². The summed E-state index contributed by atoms with van der Waals surface area (Å²) in [7, 11) is 0. The lowest BCUT2D eigenvalue weighted by atomic mass is 10.1. The highest BCUT2D eigenvalue weighted by molar-refractivity contribution is 5.88. The van der Waals surface area contributed by atoms with Crippen LogP contribution in [-0.2, 0) is 11.2 Å². The van der Waals surface area contributed by atoms with Crippen LogP contribution in [0, 0.1) is 11.8 Å². The van der Waals surface area contributed by atoms with E-state index in [-0.39, 0.29) is 0 Å². The minimum absolute atomic E-state index is 0.377. The van der Waals surface area contributed by atoms with Gasteiger partial charge in [0.1, 0.15) is 5.75 Å². The molecule has 2 aromatic carbocycles. The minimum atomic E-state index is -0.419. The summed E-state index contributed by atoms with van der Waals surface area (Å²) < 4.78 is 5.16. The standard InChI is InChI=1S/C23H24O2/c1-4-5-6-7-19-8-10-20(11-9-19)12-13-21-14-16-22(17-15-21)25-23(24)18(2)3/h8-11,14-17H,2,4-7H2,1,3H3. The summed E-state index contributed by atoms with van der Waals surface area (Å²) in [5.41, 5.74) is 3.61. The Morgan fingerprint density at radius 3 is 2.04 bits per heavy atom. The highest BCUT2D eigenvalue weighted by atomic mass is 16.5. The molecule has 0 aromatic heterocycles. The van der Waals surface area contributed by atoms with Gasteiger partial charge in [-0.05, 0) is 61.7 Å². The van der Waals surface area contributed by atoms with Gasteiger partial charge < -0.3 is 4.74 Å². The maximum Gasteiger partial charge on any atom is 0.338 e. The van der Waals surface area contributed by atoms with E-state index in [1.807, 2.05) is 12.1 Å². The molecular formula is C23H24O2. The number of hydrogen-bond acceptors (Lipinski definition) is 2. The number of benzene rings is 2. The molecule has 25 heavy (non-hydrogen) atoms. The number of aryl methyl sites for hydroxylation is 1. The third kappa shape index (κ3) is 6.31. The summed E-state index contributed by atoms with van der Waals surface area (Å²) in [5.74, 6) is 6.37. The molecule has 0 radical (unpaired) electrons. The van der Waals surface area contributed by atoms with E-state index in [1.54, 1.807) is 19.1 Å². The Labute approximate surface area is 150 Å². The molecule has 0 atom stereocenters. The predicted molar refractivity (Wildman–Crippen MR) is 103 cm³/mol. The van der Waals surface area contributed by atoms with Gasteiger partial charge in [0, 0.05) is 16.7 Å². The van der Waals surface area contributed by atoms with Crippen molar-refractivity contribution in [1.82, 2.24) is 0 Å². The van der Waals surface area contributed by atoms with E-state index in [4.69, 9.17) is 4.74 Å². The van der Waals surface area contributed by atoms with Crippen LogP contribution in [0.5, 0.6) is 5.75 Å². The van der Waals surface area contributed by atoms with Gasteiger partial charge in [0.2, 0.25) is 0 Å². The third-order valence-corrected chi connectivity index (χ3v) is 3.79. The number of carbonyl (C=O) groups excluding carboxylic acids is 1. The van der Waals surface area contributed by atoms with E-state index in [0.717, 1.165) is 17.5 Å². The zero-order valence-corrected chi connectivity index (χ0v) is 15.0. The second-order valence-electron chi connectivity index (χ2n) is 6.10. The van der Waals surface area contributed by atoms with Crippen molar-refractivity contribution >= 4 is 5.97 Å². The summed E-state index contributed by atoms with van der Waals surface area (Å²) in [5, 5.41) is 0. The normalized spacial score (nSPS) is 9.84. The van der Waals surface area contributed by atoms with E-state index >= 15 is 0 Å². The average molecular weight is 332 g/mol. The van der Waals surface area contributed by atoms with Crippen LogP contribution in [0.25, 0.3) is 0 Å². The van der Waals surface area contributed by atoms with Gasteiger partial charge in [0.05, 0.1) is 0 Å². The lowest BCUT2D eigenvalue weighted by Crippen LogP contribution is -2.07. The molecule has 0 heterocycles. The van der Waals surface area contributed by atoms with Crippen molar-refractivity contribution < 1.29 is 9.53 Å². The molecule has 2 heteroatoms. The lowest BCUT2D eigenvalue weighted by Gasteiger charge is -2.03. The highest BCUT2D eigenvalue weighted by Gasteiger charge is 2.04. The number of esters is 1. The fraction of sp³-hybridized carbons (Fsp3) is 0.261. The average Bonchev–Trinajstić information content (AvgIpc) is 2.62. The second kappa shape index (κ2) is 9.49. The monoisotopic (exact) mass is 332 g/mol. The van der Waals surface area contributed by atoms with Gasteiger partial charge in [-0.1, -0.05) is 50.3 Å². The van der Waals surface area contributed by atoms with Crippen LogP contribution in [0.2, 0.25) is 0 Å². The molecule has 2 rings (SSSR count). The SMILES string of the molecule is C=C(C)C(=O)Oc1ccc(C#Cc2ccc(CCCCC)cc2)cc1. The summed E-state index contributed by atoms with van der Waals surface area (Å²) in [6.07, 6.45) is 4.89. The lowest BCUT2D eigenvalue weighted by molar-refractivity contribution is -0.130. The summed E-state index contributed by atoms with van der Waals surface area (Å²) >= 11 is 0. The first-order valence-electron chi connectivity index (χ1n) is 8.67. The number of unbranched alkanes of at least 4 members (excludes halogenated alkanes) is 2. The molecule has 128 valence electrons. The molecule has 0 amide bonds. The fourth-order valence-corrected chi connectivity index (χ4v) is 2.28. The van der Waals surface area contributed by atoms with E-state index < -0.39 is 5.97 Å². The molecule has 0 aliphatic rings. The number of rotatable bonds is 6. The van der Waals surface area contributed by atoms with Gasteiger partial charge in [-0.15, -0.1) is 0 Å². The maximum absolute atomic E-state index is 11.5. The van der Waals surface area contributed by atoms with Crippen molar-refractivity contribution in [3.8, 4) is 17.6 Å². The zero-order chi connectivity index (χ0) is 18.1. The van der Waals surface area contributed by atoms with Crippen molar-refractivity contribution in [1.29, 1.82) is 0 Å². The molecular weight excluding hydrogens is 308 g/mol. The Balaban J connectivity index is 1.96. The molecule has 0 saturated carbocycles. The summed E-state index contributed by atoms with van der Waals surface area (Å²) in [4.78, 5) is 11.5. The van der Waals surface area contributed by atoms with Gasteiger partial charge in [-0.3, -0.25) is 0 Å². The predicted octanol–water partition coefficient (Wildman–Crippen LogP) is 5.30. The molecule has 0 bridgehead atoms. The molecule has 0 N–H and O–H groups in total. The van der Waals surface area contributed by atoms with E-state index in [1.165, 1.54) is 24.8 Å². The van der Waals surface area contributed by atoms with Crippen molar-refractivity contribution in [2.24, 2.45) is 0 Å². The molecule has 2 nitrogen and oxygen atoms in total. The van der Waals surface area contributed by atoms with Crippen LogP contribution in [-0.4, -0.2) is 5.97 Å². The first-order chi connectivity index (χ1) is 12.1. The molecule has 0 spiro atoms. The molecule has 0 fully saturated rings. The minimum Gasteiger partial charge on any atom is -0.423 e. The second-order valence-corrected chi connectivity index (χ2v) is 6.10. The molecule has 0 aliphatic carbocycles. The number of hydrogen-bond donors (Lipinski definition) is 0. The van der Waals surface area contributed by atoms with E-state index in [9.17, 15) is 4.79 Å². The van der Waals surface area contributed by atoms with Gasteiger partial charge in [0.25, 0.3) is 0 Å². The zero-order valence-electron chi connectivity index (χ0n) is 15.0. The Morgan fingerprint density at radius 2 is 1.52 bits per heavy atom. The molecule has 0 saturated heterocycles. The quantitative estimate of drug-likeness (QED) is 0.236. The van der Waals surface area contributed by atoms with Crippen LogP contribution in [0.1, 0.15) is 49.8 Å². The Kier molecular flexibility index (Phi) is 7.04. The van der Waals surface area contributed by atoms with E-state index in [0.29, 0.717) is 11.3 Å². The summed E-state index contributed by atoms with van der Waals surface area (Å²) in [6, 6.07) is 15.6. The largest absolute Gasteiger partial charge is 0.423 e. The first kappa shape index (κ1) is 18.5. The molecule has 2 aromatic rings. The smallest absolute Gasteiger partial charge is 0.338 e. The van der Waals surface area contributed by atoms with Crippen LogP contribution in [0.3, 0.4) is 0 Å². The Morgan fingerprint density at radius 1 is 0.960 bits per heavy atom. The highest BCUT2D eigenvalue weighted by Crippen LogP contribution is 2.13. The van der Waals surface area contributed by atoms with Crippen molar-refractivity contribution in [2.45, 2.75) is 39.5 Å². The summed E-state index contributed by atoms with van der Waals surface area (Å²) in [6.45, 7) is 7.40. The topological polar surface area (TPSA) is 26.3 Å². The van der Waals surface area contributed by atoms with Crippen LogP contribution < -0.4 is 4.74 Å². The number of ether oxygens (including phenoxy) is 1. The third-order valence-electron chi connectivity index (χ3n) is 3.79. The number of carbonyl (C=O) groups is 1. The van der Waals surface area contributed by atoms with Gasteiger partial charge in [-0.25, -0.2) is 4.79 Å². The molecule has 0 aliphatic heterocycles. The van der Waals surface area contributed by atoms with Gasteiger partial charge in [0.15, 0.2) is 0 Å².